The second-order valence-electron chi connectivity index (χ2n) is 6.21. The molecule has 7 nitrogen and oxygen atoms in total. The fourth-order valence-corrected chi connectivity index (χ4v) is 2.77. The number of nitrogens with zero attached hydrogens (tertiary/aromatic N) is 3. The minimum Gasteiger partial charge on any atom is -0.494 e. The average molecular weight is 384 g/mol. The molecule has 0 fully saturated rings. The first-order valence-electron chi connectivity index (χ1n) is 9.48. The van der Waals surface area contributed by atoms with Crippen LogP contribution in [0.3, 0.4) is 0 Å². The lowest BCUT2D eigenvalue weighted by Gasteiger charge is -2.23. The highest BCUT2D eigenvalue weighted by atomic mass is 16.5. The van der Waals surface area contributed by atoms with Crippen LogP contribution in [0.1, 0.15) is 31.1 Å². The molecule has 2 aromatic rings. The van der Waals surface area contributed by atoms with Gasteiger partial charge in [-0.3, -0.25) is 9.59 Å². The van der Waals surface area contributed by atoms with Gasteiger partial charge in [0, 0.05) is 32.0 Å². The summed E-state index contributed by atoms with van der Waals surface area (Å²) in [5.74, 6) is 0.881. The molecule has 0 unspecified atom stereocenters. The molecular formula is C21H28N4O3. The second kappa shape index (κ2) is 10.3. The van der Waals surface area contributed by atoms with Crippen molar-refractivity contribution in [2.45, 2.75) is 20.8 Å². The quantitative estimate of drug-likeness (QED) is 0.719. The van der Waals surface area contributed by atoms with Crippen LogP contribution in [0.15, 0.2) is 42.6 Å². The van der Waals surface area contributed by atoms with Crippen molar-refractivity contribution in [2.24, 2.45) is 0 Å². The first-order valence-corrected chi connectivity index (χ1v) is 9.48. The Labute approximate surface area is 166 Å². The molecule has 0 spiro atoms. The van der Waals surface area contributed by atoms with Gasteiger partial charge < -0.3 is 19.9 Å². The van der Waals surface area contributed by atoms with E-state index in [4.69, 9.17) is 4.74 Å². The molecule has 1 N–H and O–H groups in total. The summed E-state index contributed by atoms with van der Waals surface area (Å²) in [7, 11) is 1.62. The molecule has 0 atom stereocenters. The molecule has 0 radical (unpaired) electrons. The highest BCUT2D eigenvalue weighted by Crippen LogP contribution is 2.22. The maximum atomic E-state index is 12.9. The molecule has 0 aliphatic heterocycles. The number of likely N-dealkylation sites (N-methyl/N-ethyl adjacent to an activating group) is 2. The summed E-state index contributed by atoms with van der Waals surface area (Å²) in [4.78, 5) is 32.6. The minimum atomic E-state index is -0.262. The Balaban J connectivity index is 2.13. The van der Waals surface area contributed by atoms with E-state index in [0.717, 1.165) is 11.4 Å². The first kappa shape index (κ1) is 21.2. The number of pyridine rings is 1. The fourth-order valence-electron chi connectivity index (χ4n) is 2.77. The van der Waals surface area contributed by atoms with E-state index in [1.807, 2.05) is 45.0 Å². The lowest BCUT2D eigenvalue weighted by Crippen LogP contribution is -2.41. The molecule has 0 bridgehead atoms. The number of amides is 2. The monoisotopic (exact) mass is 384 g/mol. The zero-order chi connectivity index (χ0) is 20.5. The van der Waals surface area contributed by atoms with Crippen LogP contribution in [-0.4, -0.2) is 59.9 Å². The van der Waals surface area contributed by atoms with E-state index in [1.54, 1.807) is 30.3 Å². The maximum absolute atomic E-state index is 12.9. The number of rotatable bonds is 9. The van der Waals surface area contributed by atoms with Crippen LogP contribution in [0.4, 0.5) is 11.5 Å². The van der Waals surface area contributed by atoms with Gasteiger partial charge in [-0.05, 0) is 57.2 Å². The van der Waals surface area contributed by atoms with E-state index in [0.29, 0.717) is 31.1 Å². The van der Waals surface area contributed by atoms with Crippen molar-refractivity contribution in [3.05, 3.63) is 48.2 Å². The Hall–Kier alpha value is -3.09. The normalized spacial score (nSPS) is 10.3. The highest BCUT2D eigenvalue weighted by Gasteiger charge is 2.20. The molecule has 28 heavy (non-hydrogen) atoms. The van der Waals surface area contributed by atoms with Gasteiger partial charge in [-0.25, -0.2) is 4.98 Å². The predicted octanol–water partition coefficient (Wildman–Crippen LogP) is 3.16. The van der Waals surface area contributed by atoms with Crippen LogP contribution >= 0.6 is 0 Å². The van der Waals surface area contributed by atoms with Crippen molar-refractivity contribution in [1.29, 1.82) is 0 Å². The number of hydrogen-bond acceptors (Lipinski definition) is 5. The number of aromatic nitrogens is 1. The zero-order valence-electron chi connectivity index (χ0n) is 16.9. The smallest absolute Gasteiger partial charge is 0.257 e. The SMILES string of the molecule is CCOc1ccc(Nc2ncccc2C(=O)N(C)CC(=O)N(CC)CC)cc1. The van der Waals surface area contributed by atoms with Gasteiger partial charge in [-0.2, -0.15) is 0 Å². The largest absolute Gasteiger partial charge is 0.494 e. The maximum Gasteiger partial charge on any atom is 0.257 e. The van der Waals surface area contributed by atoms with Gasteiger partial charge in [-0.15, -0.1) is 0 Å². The first-order chi connectivity index (χ1) is 13.5. The summed E-state index contributed by atoms with van der Waals surface area (Å²) >= 11 is 0. The minimum absolute atomic E-state index is 0.0257. The van der Waals surface area contributed by atoms with E-state index in [-0.39, 0.29) is 18.4 Å². The summed E-state index contributed by atoms with van der Waals surface area (Å²) in [6, 6.07) is 10.8. The molecule has 0 saturated carbocycles. The van der Waals surface area contributed by atoms with Gasteiger partial charge in [0.1, 0.15) is 11.6 Å². The Kier molecular flexibility index (Phi) is 7.80. The molecule has 2 amide bonds. The Morgan fingerprint density at radius 1 is 1.07 bits per heavy atom. The van der Waals surface area contributed by atoms with Gasteiger partial charge >= 0.3 is 0 Å². The lowest BCUT2D eigenvalue weighted by molar-refractivity contribution is -0.131. The van der Waals surface area contributed by atoms with E-state index in [1.165, 1.54) is 4.90 Å². The fraction of sp³-hybridized carbons (Fsp3) is 0.381. The highest BCUT2D eigenvalue weighted by molar-refractivity contribution is 6.00. The van der Waals surface area contributed by atoms with Crippen molar-refractivity contribution >= 4 is 23.3 Å². The molecule has 1 heterocycles. The summed E-state index contributed by atoms with van der Waals surface area (Å²) in [6.45, 7) is 7.64. The van der Waals surface area contributed by atoms with Crippen molar-refractivity contribution in [3.63, 3.8) is 0 Å². The van der Waals surface area contributed by atoms with Crippen LogP contribution in [-0.2, 0) is 4.79 Å². The molecule has 0 aliphatic carbocycles. The van der Waals surface area contributed by atoms with Crippen LogP contribution < -0.4 is 10.1 Å². The topological polar surface area (TPSA) is 74.8 Å². The molecule has 0 saturated heterocycles. The number of carbonyl (C=O) groups excluding carboxylic acids is 2. The number of anilines is 2. The Morgan fingerprint density at radius 2 is 1.75 bits per heavy atom. The van der Waals surface area contributed by atoms with Crippen molar-refractivity contribution in [2.75, 3.05) is 38.6 Å². The van der Waals surface area contributed by atoms with Crippen molar-refractivity contribution in [3.8, 4) is 5.75 Å². The average Bonchev–Trinajstić information content (AvgIpc) is 2.70. The molecular weight excluding hydrogens is 356 g/mol. The Morgan fingerprint density at radius 3 is 2.36 bits per heavy atom. The molecule has 1 aromatic heterocycles. The summed E-state index contributed by atoms with van der Waals surface area (Å²) in [6.07, 6.45) is 1.62. The van der Waals surface area contributed by atoms with Crippen molar-refractivity contribution < 1.29 is 14.3 Å². The summed E-state index contributed by atoms with van der Waals surface area (Å²) < 4.78 is 5.44. The van der Waals surface area contributed by atoms with Crippen LogP contribution in [0.5, 0.6) is 5.75 Å². The van der Waals surface area contributed by atoms with Gasteiger partial charge in [-0.1, -0.05) is 0 Å². The van der Waals surface area contributed by atoms with Gasteiger partial charge in [0.05, 0.1) is 18.7 Å². The van der Waals surface area contributed by atoms with Crippen molar-refractivity contribution in [1.82, 2.24) is 14.8 Å². The molecule has 2 rings (SSSR count). The van der Waals surface area contributed by atoms with E-state index >= 15 is 0 Å². The van der Waals surface area contributed by atoms with Gasteiger partial charge in [0.15, 0.2) is 0 Å². The van der Waals surface area contributed by atoms with Crippen LogP contribution in [0, 0.1) is 0 Å². The Bertz CT molecular complexity index is 788. The lowest BCUT2D eigenvalue weighted by atomic mass is 10.2. The molecule has 1 aromatic carbocycles. The number of hydrogen-bond donors (Lipinski definition) is 1. The third-order valence-corrected chi connectivity index (χ3v) is 4.30. The van der Waals surface area contributed by atoms with Crippen LogP contribution in [0.2, 0.25) is 0 Å². The zero-order valence-corrected chi connectivity index (χ0v) is 16.9. The third kappa shape index (κ3) is 5.45. The summed E-state index contributed by atoms with van der Waals surface area (Å²) in [5.41, 5.74) is 1.20. The standard InChI is InChI=1S/C21H28N4O3/c1-5-25(6-2)19(26)15-24(4)21(27)18-9-8-14-22-20(18)23-16-10-12-17(13-11-16)28-7-3/h8-14H,5-7,15H2,1-4H3,(H,22,23). The number of carbonyl (C=O) groups is 2. The molecule has 7 heteroatoms. The van der Waals surface area contributed by atoms with E-state index < -0.39 is 0 Å². The number of ether oxygens (including phenoxy) is 1. The van der Waals surface area contributed by atoms with Gasteiger partial charge in [0.25, 0.3) is 5.91 Å². The summed E-state index contributed by atoms with van der Waals surface area (Å²) in [5, 5.41) is 3.17. The number of nitrogens with one attached hydrogen (secondary N) is 1. The van der Waals surface area contributed by atoms with Crippen LogP contribution in [0.25, 0.3) is 0 Å². The van der Waals surface area contributed by atoms with E-state index in [9.17, 15) is 9.59 Å². The predicted molar refractivity (Wildman–Crippen MR) is 110 cm³/mol. The third-order valence-electron chi connectivity index (χ3n) is 4.30. The van der Waals surface area contributed by atoms with Gasteiger partial charge in [0.2, 0.25) is 5.91 Å². The second-order valence-corrected chi connectivity index (χ2v) is 6.21. The number of benzene rings is 1. The van der Waals surface area contributed by atoms with E-state index in [2.05, 4.69) is 10.3 Å². The molecule has 0 aliphatic rings. The molecule has 150 valence electrons.